The molecule has 0 saturated heterocycles. The van der Waals surface area contributed by atoms with Crippen LogP contribution in [0.2, 0.25) is 0 Å². The average Bonchev–Trinajstić information content (AvgIpc) is 2.69. The molecule has 2 nitrogen and oxygen atoms in total. The van der Waals surface area contributed by atoms with Crippen LogP contribution in [-0.4, -0.2) is 24.5 Å². The van der Waals surface area contributed by atoms with Crippen LogP contribution in [0.15, 0.2) is 59.7 Å². The van der Waals surface area contributed by atoms with Gasteiger partial charge in [0.05, 0.1) is 12.0 Å². The summed E-state index contributed by atoms with van der Waals surface area (Å²) in [6.45, 7) is 13.5. The molecule has 0 N–H and O–H groups in total. The van der Waals surface area contributed by atoms with E-state index in [0.717, 1.165) is 32.5 Å². The maximum atomic E-state index is 10.0. The number of nitrogens with zero attached hydrogens (tertiary/aromatic N) is 2. The smallest absolute Gasteiger partial charge is 0.0733 e. The van der Waals surface area contributed by atoms with Crippen molar-refractivity contribution in [3.8, 4) is 6.07 Å². The van der Waals surface area contributed by atoms with Crippen molar-refractivity contribution in [3.05, 3.63) is 70.8 Å². The van der Waals surface area contributed by atoms with E-state index in [1.54, 1.807) is 0 Å². The highest BCUT2D eigenvalue weighted by Gasteiger charge is 2.18. The fraction of sp³-hybridized carbons (Fsp3) is 0.423. The van der Waals surface area contributed by atoms with E-state index in [4.69, 9.17) is 0 Å². The predicted octanol–water partition coefficient (Wildman–Crippen LogP) is 6.63. The largest absolute Gasteiger partial charge is 0.296 e. The summed E-state index contributed by atoms with van der Waals surface area (Å²) < 4.78 is 0. The molecular formula is C26H34N2. The number of fused-ring (bicyclic) bond motifs is 1. The van der Waals surface area contributed by atoms with Crippen LogP contribution in [0.4, 0.5) is 0 Å². The zero-order chi connectivity index (χ0) is 20.5. The molecule has 28 heavy (non-hydrogen) atoms. The lowest BCUT2D eigenvalue weighted by atomic mass is 9.87. The number of hydrogen-bond donors (Lipinski definition) is 0. The van der Waals surface area contributed by atoms with Gasteiger partial charge in [-0.3, -0.25) is 4.90 Å². The zero-order valence-corrected chi connectivity index (χ0v) is 18.1. The molecule has 0 aromatic heterocycles. The molecule has 0 spiro atoms. The van der Waals surface area contributed by atoms with Crippen molar-refractivity contribution < 1.29 is 0 Å². The van der Waals surface area contributed by atoms with Gasteiger partial charge in [-0.05, 0) is 62.4 Å². The molecule has 0 bridgehead atoms. The molecular weight excluding hydrogens is 340 g/mol. The first kappa shape index (κ1) is 21.9. The van der Waals surface area contributed by atoms with Crippen LogP contribution < -0.4 is 0 Å². The Balaban J connectivity index is 2.27. The maximum Gasteiger partial charge on any atom is 0.0733 e. The summed E-state index contributed by atoms with van der Waals surface area (Å²) in [5.41, 5.74) is 5.19. The molecule has 0 aliphatic carbocycles. The van der Waals surface area contributed by atoms with Crippen LogP contribution in [0.1, 0.15) is 58.1 Å². The molecule has 0 amide bonds. The van der Waals surface area contributed by atoms with Crippen LogP contribution in [-0.2, 0) is 6.42 Å². The fourth-order valence-electron chi connectivity index (χ4n) is 3.53. The standard InChI is InChI=1S/C26H34N2/c1-6-22-11-12-23-9-7-8-10-25(23)26(22)24(19-27)15-18-28(16-13-20(2)3)17-14-21(4)5/h7-14,24H,6,15-18H2,1-5H3. The zero-order valence-electron chi connectivity index (χ0n) is 18.1. The van der Waals surface area contributed by atoms with Gasteiger partial charge in [-0.25, -0.2) is 0 Å². The summed E-state index contributed by atoms with van der Waals surface area (Å²) in [5, 5.41) is 12.5. The van der Waals surface area contributed by atoms with Crippen molar-refractivity contribution in [2.75, 3.05) is 19.6 Å². The molecule has 2 aromatic carbocycles. The van der Waals surface area contributed by atoms with Crippen molar-refractivity contribution in [2.45, 2.75) is 53.4 Å². The van der Waals surface area contributed by atoms with E-state index < -0.39 is 0 Å². The summed E-state index contributed by atoms with van der Waals surface area (Å²) in [6, 6.07) is 15.5. The number of allylic oxidation sites excluding steroid dienone is 2. The number of hydrogen-bond acceptors (Lipinski definition) is 2. The summed E-state index contributed by atoms with van der Waals surface area (Å²) in [7, 11) is 0. The second-order valence-electron chi connectivity index (χ2n) is 8.01. The Morgan fingerprint density at radius 3 is 2.21 bits per heavy atom. The lowest BCUT2D eigenvalue weighted by molar-refractivity contribution is 0.324. The van der Waals surface area contributed by atoms with Gasteiger partial charge in [-0.1, -0.05) is 66.6 Å². The van der Waals surface area contributed by atoms with Gasteiger partial charge in [0.2, 0.25) is 0 Å². The van der Waals surface area contributed by atoms with Crippen molar-refractivity contribution >= 4 is 10.8 Å². The Labute approximate surface area is 171 Å². The highest BCUT2D eigenvalue weighted by atomic mass is 15.1. The second kappa shape index (κ2) is 10.8. The van der Waals surface area contributed by atoms with Crippen LogP contribution in [0.3, 0.4) is 0 Å². The van der Waals surface area contributed by atoms with Gasteiger partial charge in [0, 0.05) is 19.6 Å². The molecule has 0 fully saturated rings. The Kier molecular flexibility index (Phi) is 8.48. The average molecular weight is 375 g/mol. The normalized spacial score (nSPS) is 11.9. The minimum Gasteiger partial charge on any atom is -0.296 e. The molecule has 0 aliphatic rings. The molecule has 0 heterocycles. The Morgan fingerprint density at radius 1 is 1.00 bits per heavy atom. The van der Waals surface area contributed by atoms with Gasteiger partial charge in [-0.15, -0.1) is 0 Å². The molecule has 0 saturated carbocycles. The summed E-state index contributed by atoms with van der Waals surface area (Å²) in [5.74, 6) is -0.0815. The van der Waals surface area contributed by atoms with Crippen molar-refractivity contribution in [2.24, 2.45) is 0 Å². The topological polar surface area (TPSA) is 27.0 Å². The van der Waals surface area contributed by atoms with Gasteiger partial charge in [0.25, 0.3) is 0 Å². The quantitative estimate of drug-likeness (QED) is 0.460. The van der Waals surface area contributed by atoms with Gasteiger partial charge in [-0.2, -0.15) is 5.26 Å². The van der Waals surface area contributed by atoms with Crippen molar-refractivity contribution in [1.82, 2.24) is 4.90 Å². The molecule has 1 unspecified atom stereocenters. The molecule has 0 aliphatic heterocycles. The highest BCUT2D eigenvalue weighted by Crippen LogP contribution is 2.31. The molecule has 2 rings (SSSR count). The van der Waals surface area contributed by atoms with Crippen LogP contribution >= 0.6 is 0 Å². The summed E-state index contributed by atoms with van der Waals surface area (Å²) >= 11 is 0. The molecule has 148 valence electrons. The SMILES string of the molecule is CCc1ccc2ccccc2c1C(C#N)CCN(CC=C(C)C)CC=C(C)C. The maximum absolute atomic E-state index is 10.0. The van der Waals surface area contributed by atoms with Gasteiger partial charge in [0.15, 0.2) is 0 Å². The molecule has 2 aromatic rings. The minimum atomic E-state index is -0.0815. The molecule has 1 atom stereocenters. The van der Waals surface area contributed by atoms with Gasteiger partial charge < -0.3 is 0 Å². The first-order valence-electron chi connectivity index (χ1n) is 10.4. The van der Waals surface area contributed by atoms with Gasteiger partial charge in [0.1, 0.15) is 0 Å². The van der Waals surface area contributed by atoms with Crippen molar-refractivity contribution in [1.29, 1.82) is 5.26 Å². The molecule has 0 radical (unpaired) electrons. The first-order valence-corrected chi connectivity index (χ1v) is 10.4. The lowest BCUT2D eigenvalue weighted by Crippen LogP contribution is -2.27. The number of benzene rings is 2. The van der Waals surface area contributed by atoms with E-state index in [9.17, 15) is 5.26 Å². The third-order valence-corrected chi connectivity index (χ3v) is 5.20. The number of nitriles is 1. The van der Waals surface area contributed by atoms with E-state index in [1.807, 2.05) is 0 Å². The fourth-order valence-corrected chi connectivity index (χ4v) is 3.53. The first-order chi connectivity index (χ1) is 13.5. The Hall–Kier alpha value is -2.37. The van der Waals surface area contributed by atoms with Crippen LogP contribution in [0.25, 0.3) is 10.8 Å². The monoisotopic (exact) mass is 374 g/mol. The van der Waals surface area contributed by atoms with Crippen LogP contribution in [0.5, 0.6) is 0 Å². The van der Waals surface area contributed by atoms with E-state index in [2.05, 4.69) is 94.1 Å². The molecule has 2 heteroatoms. The number of rotatable bonds is 9. The Bertz CT molecular complexity index is 855. The number of aryl methyl sites for hydroxylation is 1. The van der Waals surface area contributed by atoms with Crippen molar-refractivity contribution in [3.63, 3.8) is 0 Å². The highest BCUT2D eigenvalue weighted by molar-refractivity contribution is 5.87. The van der Waals surface area contributed by atoms with Crippen LogP contribution in [0, 0.1) is 11.3 Å². The van der Waals surface area contributed by atoms with E-state index >= 15 is 0 Å². The minimum absolute atomic E-state index is 0.0815. The summed E-state index contributed by atoms with van der Waals surface area (Å²) in [6.07, 6.45) is 6.35. The van der Waals surface area contributed by atoms with E-state index in [1.165, 1.54) is 33.0 Å². The van der Waals surface area contributed by atoms with E-state index in [-0.39, 0.29) is 5.92 Å². The lowest BCUT2D eigenvalue weighted by Gasteiger charge is -2.23. The summed E-state index contributed by atoms with van der Waals surface area (Å²) in [4.78, 5) is 2.43. The second-order valence-corrected chi connectivity index (χ2v) is 8.01. The third-order valence-electron chi connectivity index (χ3n) is 5.20. The third kappa shape index (κ3) is 6.08. The van der Waals surface area contributed by atoms with Gasteiger partial charge >= 0.3 is 0 Å². The predicted molar refractivity (Wildman–Crippen MR) is 122 cm³/mol. The Morgan fingerprint density at radius 2 is 1.64 bits per heavy atom. The van der Waals surface area contributed by atoms with E-state index in [0.29, 0.717) is 0 Å².